The number of rotatable bonds is 5. The first-order valence-corrected chi connectivity index (χ1v) is 2.78. The van der Waals surface area contributed by atoms with Gasteiger partial charge in [-0.1, -0.05) is 12.7 Å². The fraction of sp³-hybridized carbons (Fsp3) is 0.286. The Morgan fingerprint density at radius 1 is 1.73 bits per heavy atom. The van der Waals surface area contributed by atoms with Gasteiger partial charge in [-0.05, 0) is 0 Å². The first kappa shape index (κ1) is 13.3. The molecule has 0 spiro atoms. The number of hydrogen-bond donors (Lipinski definition) is 1. The summed E-state index contributed by atoms with van der Waals surface area (Å²) in [6.07, 6.45) is 1.55. The fourth-order valence-electron chi connectivity index (χ4n) is 0.327. The van der Waals surface area contributed by atoms with E-state index in [4.69, 9.17) is 9.84 Å². The Hall–Kier alpha value is -0.324. The first-order chi connectivity index (χ1) is 4.68. The summed E-state index contributed by atoms with van der Waals surface area (Å²) in [5.74, 6) is -1.02. The Kier molecular flexibility index (Phi) is 9.39. The van der Waals surface area contributed by atoms with Crippen molar-refractivity contribution >= 4 is 29.0 Å². The van der Waals surface area contributed by atoms with Crippen molar-refractivity contribution in [2.45, 2.75) is 0 Å². The Bertz CT molecular complexity index is 162. The Balaban J connectivity index is -0.000000135. The largest absolute Gasteiger partial charge is 2.00 e. The molecule has 0 heterocycles. The van der Waals surface area contributed by atoms with Crippen LogP contribution in [0.15, 0.2) is 24.8 Å². The van der Waals surface area contributed by atoms with Gasteiger partial charge < -0.3 is 12.7 Å². The van der Waals surface area contributed by atoms with E-state index in [2.05, 4.69) is 13.2 Å². The van der Waals surface area contributed by atoms with Gasteiger partial charge in [0.15, 0.2) is 0 Å². The van der Waals surface area contributed by atoms with Gasteiger partial charge in [0.25, 0.3) is 0 Å². The van der Waals surface area contributed by atoms with E-state index in [1.807, 2.05) is 0 Å². The molecule has 0 aliphatic carbocycles. The molecular weight excluding hydrogens is 156 g/mol. The van der Waals surface area contributed by atoms with Crippen molar-refractivity contribution in [1.29, 1.82) is 0 Å². The Morgan fingerprint density at radius 3 is 2.64 bits per heavy atom. The summed E-state index contributed by atoms with van der Waals surface area (Å²) in [5, 5.41) is 8.28. The number of carboxylic acids is 1. The maximum absolute atomic E-state index is 10.1. The van der Waals surface area contributed by atoms with E-state index < -0.39 is 5.97 Å². The van der Waals surface area contributed by atoms with Gasteiger partial charge in [0, 0.05) is 0 Å². The van der Waals surface area contributed by atoms with Crippen LogP contribution in [0.25, 0.3) is 0 Å². The molecule has 0 unspecified atom stereocenters. The van der Waals surface area contributed by atoms with E-state index in [1.165, 1.54) is 0 Å². The van der Waals surface area contributed by atoms with Crippen LogP contribution in [-0.4, -0.2) is 47.3 Å². The Morgan fingerprint density at radius 2 is 2.27 bits per heavy atom. The fourth-order valence-corrected chi connectivity index (χ4v) is 0.327. The van der Waals surface area contributed by atoms with Crippen molar-refractivity contribution in [3.05, 3.63) is 24.8 Å². The average Bonchev–Trinajstić information content (AvgIpc) is 1.88. The molecule has 0 bridgehead atoms. The molecule has 0 aromatic carbocycles. The zero-order valence-corrected chi connectivity index (χ0v) is 7.79. The standard InChI is InChI=1S/C7H10O3.Mg.2H/c1-3-4-10-5-6(2)7(8)9;;;/h3H,1-2,4-5H2,(H,8,9);;;/q;+2;2*-1. The molecule has 3 nitrogen and oxygen atoms in total. The molecule has 0 aromatic rings. The summed E-state index contributed by atoms with van der Waals surface area (Å²) in [5.41, 5.74) is 0.0573. The van der Waals surface area contributed by atoms with Crippen LogP contribution < -0.4 is 0 Å². The van der Waals surface area contributed by atoms with Crippen LogP contribution in [-0.2, 0) is 9.53 Å². The quantitative estimate of drug-likeness (QED) is 0.284. The van der Waals surface area contributed by atoms with Crippen LogP contribution >= 0.6 is 0 Å². The second-order valence-corrected chi connectivity index (χ2v) is 1.71. The molecule has 0 aliphatic heterocycles. The molecule has 0 atom stereocenters. The second-order valence-electron chi connectivity index (χ2n) is 1.71. The third-order valence-corrected chi connectivity index (χ3v) is 0.814. The smallest absolute Gasteiger partial charge is 1.00 e. The van der Waals surface area contributed by atoms with E-state index >= 15 is 0 Å². The summed E-state index contributed by atoms with van der Waals surface area (Å²) in [6, 6.07) is 0. The summed E-state index contributed by atoms with van der Waals surface area (Å²) < 4.78 is 4.81. The van der Waals surface area contributed by atoms with Crippen LogP contribution in [0.2, 0.25) is 0 Å². The number of aliphatic carboxylic acids is 1. The molecule has 0 fully saturated rings. The predicted octanol–water partition coefficient (Wildman–Crippen LogP) is 0.674. The number of carbonyl (C=O) groups is 1. The van der Waals surface area contributed by atoms with E-state index in [0.29, 0.717) is 6.61 Å². The van der Waals surface area contributed by atoms with Crippen molar-refractivity contribution in [1.82, 2.24) is 0 Å². The van der Waals surface area contributed by atoms with Crippen molar-refractivity contribution in [3.63, 3.8) is 0 Å². The van der Waals surface area contributed by atoms with Crippen LogP contribution in [0.3, 0.4) is 0 Å². The van der Waals surface area contributed by atoms with Crippen molar-refractivity contribution in [2.75, 3.05) is 13.2 Å². The number of hydrogen-bond acceptors (Lipinski definition) is 2. The van der Waals surface area contributed by atoms with Gasteiger partial charge >= 0.3 is 29.0 Å². The van der Waals surface area contributed by atoms with Gasteiger partial charge in [-0.3, -0.25) is 0 Å². The van der Waals surface area contributed by atoms with Gasteiger partial charge in [0.1, 0.15) is 0 Å². The summed E-state index contributed by atoms with van der Waals surface area (Å²) in [4.78, 5) is 10.1. The van der Waals surface area contributed by atoms with Crippen LogP contribution in [0.4, 0.5) is 0 Å². The molecule has 0 amide bonds. The van der Waals surface area contributed by atoms with E-state index in [0.717, 1.165) is 0 Å². The van der Waals surface area contributed by atoms with Crippen LogP contribution in [0.1, 0.15) is 2.85 Å². The van der Waals surface area contributed by atoms with Crippen molar-refractivity contribution in [2.24, 2.45) is 0 Å². The minimum absolute atomic E-state index is 0. The minimum Gasteiger partial charge on any atom is -1.00 e. The predicted molar refractivity (Wildman–Crippen MR) is 45.8 cm³/mol. The van der Waals surface area contributed by atoms with E-state index in [9.17, 15) is 4.79 Å². The monoisotopic (exact) mass is 168 g/mol. The molecular formula is C7H12MgO3. The van der Waals surface area contributed by atoms with E-state index in [1.54, 1.807) is 6.08 Å². The summed E-state index contributed by atoms with van der Waals surface area (Å²) >= 11 is 0. The second kappa shape index (κ2) is 7.78. The van der Waals surface area contributed by atoms with Gasteiger partial charge in [0.2, 0.25) is 0 Å². The number of carboxylic acid groups (broad SMARTS) is 1. The van der Waals surface area contributed by atoms with Gasteiger partial charge in [-0.2, -0.15) is 0 Å². The van der Waals surface area contributed by atoms with Gasteiger partial charge in [0.05, 0.1) is 18.8 Å². The van der Waals surface area contributed by atoms with Crippen molar-refractivity contribution < 1.29 is 17.5 Å². The summed E-state index contributed by atoms with van der Waals surface area (Å²) in [6.45, 7) is 7.08. The molecule has 0 aromatic heterocycles. The molecule has 0 aliphatic rings. The van der Waals surface area contributed by atoms with Crippen molar-refractivity contribution in [3.8, 4) is 0 Å². The van der Waals surface area contributed by atoms with Crippen LogP contribution in [0.5, 0.6) is 0 Å². The molecule has 0 rings (SSSR count). The zero-order chi connectivity index (χ0) is 7.98. The van der Waals surface area contributed by atoms with Gasteiger partial charge in [-0.25, -0.2) is 4.79 Å². The van der Waals surface area contributed by atoms with Gasteiger partial charge in [-0.15, -0.1) is 6.58 Å². The Labute approximate surface area is 84.9 Å². The molecule has 60 valence electrons. The average molecular weight is 168 g/mol. The number of ether oxygens (including phenoxy) is 1. The third kappa shape index (κ3) is 7.57. The normalized spacial score (nSPS) is 8.00. The molecule has 4 heteroatoms. The van der Waals surface area contributed by atoms with E-state index in [-0.39, 0.29) is 38.1 Å². The topological polar surface area (TPSA) is 46.5 Å². The zero-order valence-electron chi connectivity index (χ0n) is 8.38. The third-order valence-electron chi connectivity index (χ3n) is 0.814. The molecule has 0 radical (unpaired) electrons. The SMILES string of the molecule is C=CCOCC(=C)C(=O)O.[H-].[H-].[Mg+2]. The maximum Gasteiger partial charge on any atom is 2.00 e. The molecule has 0 saturated carbocycles. The molecule has 0 saturated heterocycles. The minimum atomic E-state index is -1.02. The molecule has 1 N–H and O–H groups in total. The summed E-state index contributed by atoms with van der Waals surface area (Å²) in [7, 11) is 0. The maximum atomic E-state index is 10.1. The first-order valence-electron chi connectivity index (χ1n) is 2.78. The van der Waals surface area contributed by atoms with Crippen LogP contribution in [0, 0.1) is 0 Å². The molecule has 11 heavy (non-hydrogen) atoms.